The smallest absolute Gasteiger partial charge is 0.301 e. The molecule has 21 heavy (non-hydrogen) atoms. The lowest BCUT2D eigenvalue weighted by atomic mass is 9.94. The standard InChI is InChI=1S/C14H23N3O3S/c1-10-6-11(2)9-17(8-10)21(18,19)16-14-7-12(20-3)4-5-13(14)15/h4-5,7,10-11,16H,6,8-9,15H2,1-3H3. The Bertz CT molecular complexity index is 593. The molecule has 2 rings (SSSR count). The normalized spacial score (nSPS) is 23.8. The van der Waals surface area contributed by atoms with Crippen molar-refractivity contribution in [2.24, 2.45) is 11.8 Å². The van der Waals surface area contributed by atoms with Crippen molar-refractivity contribution < 1.29 is 13.2 Å². The van der Waals surface area contributed by atoms with Crippen LogP contribution in [0.3, 0.4) is 0 Å². The van der Waals surface area contributed by atoms with E-state index in [1.165, 1.54) is 11.4 Å². The van der Waals surface area contributed by atoms with E-state index in [1.807, 2.05) is 0 Å². The van der Waals surface area contributed by atoms with E-state index in [2.05, 4.69) is 18.6 Å². The number of nitrogen functional groups attached to an aromatic ring is 1. The molecule has 6 nitrogen and oxygen atoms in total. The second-order valence-corrected chi connectivity index (χ2v) is 7.49. The van der Waals surface area contributed by atoms with E-state index in [9.17, 15) is 8.42 Å². The Morgan fingerprint density at radius 3 is 2.48 bits per heavy atom. The average molecular weight is 313 g/mol. The number of piperidine rings is 1. The number of ether oxygens (including phenoxy) is 1. The zero-order valence-electron chi connectivity index (χ0n) is 12.7. The van der Waals surface area contributed by atoms with Gasteiger partial charge < -0.3 is 10.5 Å². The van der Waals surface area contributed by atoms with Crippen molar-refractivity contribution in [2.45, 2.75) is 20.3 Å². The molecule has 1 saturated heterocycles. The van der Waals surface area contributed by atoms with E-state index in [0.717, 1.165) is 6.42 Å². The molecular formula is C14H23N3O3S. The number of hydrogen-bond donors (Lipinski definition) is 2. The summed E-state index contributed by atoms with van der Waals surface area (Å²) in [6, 6.07) is 4.90. The lowest BCUT2D eigenvalue weighted by Crippen LogP contribution is -2.45. The van der Waals surface area contributed by atoms with Crippen molar-refractivity contribution >= 4 is 21.6 Å². The first-order chi connectivity index (χ1) is 9.81. The van der Waals surface area contributed by atoms with E-state index >= 15 is 0 Å². The summed E-state index contributed by atoms with van der Waals surface area (Å²) < 4.78 is 34.2. The van der Waals surface area contributed by atoms with Crippen LogP contribution in [0.4, 0.5) is 11.4 Å². The Morgan fingerprint density at radius 2 is 1.90 bits per heavy atom. The van der Waals surface area contributed by atoms with Crippen molar-refractivity contribution in [3.05, 3.63) is 18.2 Å². The Labute approximate surface area is 126 Å². The van der Waals surface area contributed by atoms with E-state index in [0.29, 0.717) is 42.0 Å². The van der Waals surface area contributed by atoms with Gasteiger partial charge in [0.05, 0.1) is 18.5 Å². The number of nitrogens with one attached hydrogen (secondary N) is 1. The van der Waals surface area contributed by atoms with Crippen molar-refractivity contribution in [1.29, 1.82) is 0 Å². The zero-order chi connectivity index (χ0) is 15.6. The highest BCUT2D eigenvalue weighted by Gasteiger charge is 2.30. The van der Waals surface area contributed by atoms with Gasteiger partial charge in [-0.1, -0.05) is 13.8 Å². The predicted octanol–water partition coefficient (Wildman–Crippen LogP) is 1.91. The predicted molar refractivity (Wildman–Crippen MR) is 84.5 cm³/mol. The van der Waals surface area contributed by atoms with Crippen molar-refractivity contribution in [2.75, 3.05) is 30.7 Å². The molecule has 1 fully saturated rings. The second-order valence-electron chi connectivity index (χ2n) is 5.82. The highest BCUT2D eigenvalue weighted by molar-refractivity contribution is 7.90. The molecule has 0 radical (unpaired) electrons. The van der Waals surface area contributed by atoms with E-state index in [-0.39, 0.29) is 0 Å². The summed E-state index contributed by atoms with van der Waals surface area (Å²) in [7, 11) is -2.08. The van der Waals surface area contributed by atoms with Crippen LogP contribution in [0.15, 0.2) is 18.2 Å². The summed E-state index contributed by atoms with van der Waals surface area (Å²) in [5, 5.41) is 0. The van der Waals surface area contributed by atoms with Crippen molar-refractivity contribution in [1.82, 2.24) is 4.31 Å². The van der Waals surface area contributed by atoms with Gasteiger partial charge in [-0.15, -0.1) is 0 Å². The fourth-order valence-corrected chi connectivity index (χ4v) is 4.24. The maximum absolute atomic E-state index is 12.5. The highest BCUT2D eigenvalue weighted by atomic mass is 32.2. The summed E-state index contributed by atoms with van der Waals surface area (Å²) in [6.07, 6.45) is 1.05. The summed E-state index contributed by atoms with van der Waals surface area (Å²) in [4.78, 5) is 0. The Kier molecular flexibility index (Phi) is 4.63. The third-order valence-electron chi connectivity index (χ3n) is 3.67. The van der Waals surface area contributed by atoms with Crippen LogP contribution in [0.25, 0.3) is 0 Å². The van der Waals surface area contributed by atoms with Gasteiger partial charge in [0.1, 0.15) is 5.75 Å². The van der Waals surface area contributed by atoms with Crippen LogP contribution in [0.5, 0.6) is 5.75 Å². The number of methoxy groups -OCH3 is 1. The molecule has 0 amide bonds. The van der Waals surface area contributed by atoms with Crippen LogP contribution in [0.1, 0.15) is 20.3 Å². The highest BCUT2D eigenvalue weighted by Crippen LogP contribution is 2.28. The van der Waals surface area contributed by atoms with Crippen LogP contribution in [0.2, 0.25) is 0 Å². The van der Waals surface area contributed by atoms with Gasteiger partial charge in [0, 0.05) is 19.2 Å². The molecule has 0 aliphatic carbocycles. The number of hydrogen-bond acceptors (Lipinski definition) is 4. The maximum Gasteiger partial charge on any atom is 0.301 e. The Morgan fingerprint density at radius 1 is 1.29 bits per heavy atom. The van der Waals surface area contributed by atoms with E-state index in [4.69, 9.17) is 10.5 Å². The van der Waals surface area contributed by atoms with Crippen molar-refractivity contribution in [3.63, 3.8) is 0 Å². The summed E-state index contributed by atoms with van der Waals surface area (Å²) >= 11 is 0. The number of nitrogens with zero attached hydrogens (tertiary/aromatic N) is 1. The van der Waals surface area contributed by atoms with Crippen LogP contribution in [-0.2, 0) is 10.2 Å². The monoisotopic (exact) mass is 313 g/mol. The molecule has 0 aromatic heterocycles. The van der Waals surface area contributed by atoms with Gasteiger partial charge in [0.25, 0.3) is 0 Å². The molecule has 1 aliphatic rings. The largest absolute Gasteiger partial charge is 0.497 e. The molecule has 118 valence electrons. The van der Waals surface area contributed by atoms with Gasteiger partial charge in [-0.25, -0.2) is 0 Å². The Hall–Kier alpha value is -1.47. The minimum atomic E-state index is -3.60. The topological polar surface area (TPSA) is 84.7 Å². The summed E-state index contributed by atoms with van der Waals surface area (Å²) in [5.74, 6) is 1.27. The molecule has 0 spiro atoms. The van der Waals surface area contributed by atoms with Crippen molar-refractivity contribution in [3.8, 4) is 5.75 Å². The number of nitrogens with two attached hydrogens (primary N) is 1. The van der Waals surface area contributed by atoms with E-state index < -0.39 is 10.2 Å². The SMILES string of the molecule is COc1ccc(N)c(NS(=O)(=O)N2CC(C)CC(C)C2)c1. The fraction of sp³-hybridized carbons (Fsp3) is 0.571. The lowest BCUT2D eigenvalue weighted by molar-refractivity contribution is 0.223. The molecule has 0 bridgehead atoms. The second kappa shape index (κ2) is 6.11. The number of anilines is 2. The molecule has 2 atom stereocenters. The van der Waals surface area contributed by atoms with Gasteiger partial charge in [0.2, 0.25) is 0 Å². The first-order valence-corrected chi connectivity index (χ1v) is 8.47. The van der Waals surface area contributed by atoms with Gasteiger partial charge in [0.15, 0.2) is 0 Å². The molecule has 2 unspecified atom stereocenters. The van der Waals surface area contributed by atoms with E-state index in [1.54, 1.807) is 18.2 Å². The molecule has 0 saturated carbocycles. The van der Waals surface area contributed by atoms with Gasteiger partial charge >= 0.3 is 10.2 Å². The third kappa shape index (κ3) is 3.79. The van der Waals surface area contributed by atoms with Gasteiger partial charge in [-0.3, -0.25) is 4.72 Å². The average Bonchev–Trinajstić information content (AvgIpc) is 2.40. The minimum absolute atomic E-state index is 0.347. The Balaban J connectivity index is 2.21. The van der Waals surface area contributed by atoms with Gasteiger partial charge in [-0.05, 0) is 30.4 Å². The number of benzene rings is 1. The summed E-state index contributed by atoms with van der Waals surface area (Å²) in [5.41, 5.74) is 6.55. The molecule has 1 aromatic carbocycles. The van der Waals surface area contributed by atoms with Crippen LogP contribution >= 0.6 is 0 Å². The number of rotatable bonds is 4. The first kappa shape index (κ1) is 15.9. The lowest BCUT2D eigenvalue weighted by Gasteiger charge is -2.34. The van der Waals surface area contributed by atoms with Crippen LogP contribution in [0, 0.1) is 11.8 Å². The van der Waals surface area contributed by atoms with Crippen LogP contribution in [-0.4, -0.2) is 32.9 Å². The van der Waals surface area contributed by atoms with Crippen LogP contribution < -0.4 is 15.2 Å². The molecule has 1 aliphatic heterocycles. The molecular weight excluding hydrogens is 290 g/mol. The summed E-state index contributed by atoms with van der Waals surface area (Å²) in [6.45, 7) is 5.20. The minimum Gasteiger partial charge on any atom is -0.497 e. The first-order valence-electron chi connectivity index (χ1n) is 7.03. The fourth-order valence-electron chi connectivity index (χ4n) is 2.76. The zero-order valence-corrected chi connectivity index (χ0v) is 13.5. The molecule has 7 heteroatoms. The van der Waals surface area contributed by atoms with Gasteiger partial charge in [-0.2, -0.15) is 12.7 Å². The maximum atomic E-state index is 12.5. The third-order valence-corrected chi connectivity index (χ3v) is 5.13. The quantitative estimate of drug-likeness (QED) is 0.832. The molecule has 1 heterocycles. The molecule has 1 aromatic rings. The molecule has 3 N–H and O–H groups in total.